The standard InChI is InChI=1S/C59H106O6/c1-4-7-10-13-16-19-21-22-23-24-25-26-27-28-29-30-31-32-33-34-35-36-38-40-43-46-49-52-58(61)64-55-56(54-63-57(60)51-48-45-42-39-18-15-12-9-6-3)65-59(62)53-50-47-44-41-37-20-17-14-11-8-5-2/h7,10,16,19,22-23,25-26,56H,4-6,8-9,11-15,17-18,20-21,24,27-55H2,1-3H3/b10-7-,19-16-,23-22-,26-25-. The fourth-order valence-corrected chi connectivity index (χ4v) is 8.14. The first kappa shape index (κ1) is 62.4. The SMILES string of the molecule is CC/C=C\C/C=C\C/C=C\C/C=C\CCCCCCCCCCCCCCCCC(=O)OCC(COC(=O)CCCCCCCCCCC)OC(=O)CCCCCCCCCCCCC. The van der Waals surface area contributed by atoms with Crippen LogP contribution in [-0.2, 0) is 28.6 Å². The normalized spacial score (nSPS) is 12.4. The average Bonchev–Trinajstić information content (AvgIpc) is 3.30. The highest BCUT2D eigenvalue weighted by Crippen LogP contribution is 2.16. The van der Waals surface area contributed by atoms with Crippen molar-refractivity contribution in [2.45, 2.75) is 297 Å². The molecular formula is C59H106O6. The minimum atomic E-state index is -0.765. The van der Waals surface area contributed by atoms with Crippen molar-refractivity contribution >= 4 is 17.9 Å². The smallest absolute Gasteiger partial charge is 0.306 e. The lowest BCUT2D eigenvalue weighted by Crippen LogP contribution is -2.30. The fourth-order valence-electron chi connectivity index (χ4n) is 8.14. The summed E-state index contributed by atoms with van der Waals surface area (Å²) in [5.41, 5.74) is 0. The van der Waals surface area contributed by atoms with E-state index in [0.29, 0.717) is 19.3 Å². The van der Waals surface area contributed by atoms with Gasteiger partial charge < -0.3 is 14.2 Å². The van der Waals surface area contributed by atoms with Gasteiger partial charge in [0.15, 0.2) is 6.10 Å². The molecule has 0 heterocycles. The van der Waals surface area contributed by atoms with E-state index in [1.54, 1.807) is 0 Å². The van der Waals surface area contributed by atoms with E-state index >= 15 is 0 Å². The van der Waals surface area contributed by atoms with E-state index in [1.807, 2.05) is 0 Å². The zero-order valence-electron chi connectivity index (χ0n) is 43.3. The third kappa shape index (κ3) is 52.2. The molecule has 0 fully saturated rings. The van der Waals surface area contributed by atoms with Gasteiger partial charge in [-0.3, -0.25) is 14.4 Å². The Morgan fingerprint density at radius 2 is 0.600 bits per heavy atom. The molecule has 1 unspecified atom stereocenters. The zero-order valence-corrected chi connectivity index (χ0v) is 43.3. The van der Waals surface area contributed by atoms with Crippen LogP contribution in [-0.4, -0.2) is 37.2 Å². The molecule has 6 heteroatoms. The molecule has 0 bridgehead atoms. The topological polar surface area (TPSA) is 78.9 Å². The summed E-state index contributed by atoms with van der Waals surface area (Å²) in [6, 6.07) is 0. The molecule has 0 aliphatic carbocycles. The van der Waals surface area contributed by atoms with Gasteiger partial charge in [-0.15, -0.1) is 0 Å². The Morgan fingerprint density at radius 3 is 0.938 bits per heavy atom. The molecule has 0 radical (unpaired) electrons. The van der Waals surface area contributed by atoms with Crippen LogP contribution in [0.3, 0.4) is 0 Å². The highest BCUT2D eigenvalue weighted by atomic mass is 16.6. The van der Waals surface area contributed by atoms with Crippen molar-refractivity contribution in [3.8, 4) is 0 Å². The van der Waals surface area contributed by atoms with Gasteiger partial charge in [-0.05, 0) is 57.8 Å². The largest absolute Gasteiger partial charge is 0.462 e. The molecule has 0 aromatic carbocycles. The maximum Gasteiger partial charge on any atom is 0.306 e. The first-order chi connectivity index (χ1) is 32.0. The van der Waals surface area contributed by atoms with Crippen LogP contribution in [0.5, 0.6) is 0 Å². The van der Waals surface area contributed by atoms with Crippen LogP contribution >= 0.6 is 0 Å². The van der Waals surface area contributed by atoms with Crippen molar-refractivity contribution < 1.29 is 28.6 Å². The third-order valence-corrected chi connectivity index (χ3v) is 12.3. The maximum atomic E-state index is 12.8. The lowest BCUT2D eigenvalue weighted by atomic mass is 10.0. The molecule has 0 N–H and O–H groups in total. The summed E-state index contributed by atoms with van der Waals surface area (Å²) in [4.78, 5) is 37.9. The predicted octanol–water partition coefficient (Wildman–Crippen LogP) is 18.7. The van der Waals surface area contributed by atoms with E-state index in [-0.39, 0.29) is 31.1 Å². The molecule has 0 saturated carbocycles. The Balaban J connectivity index is 4.09. The van der Waals surface area contributed by atoms with Crippen LogP contribution in [0.2, 0.25) is 0 Å². The molecule has 0 spiro atoms. The summed E-state index contributed by atoms with van der Waals surface area (Å²) >= 11 is 0. The van der Waals surface area contributed by atoms with Crippen LogP contribution in [0.15, 0.2) is 48.6 Å². The molecule has 0 saturated heterocycles. The van der Waals surface area contributed by atoms with Gasteiger partial charge in [0.05, 0.1) is 0 Å². The number of unbranched alkanes of at least 4 members (excludes halogenated alkanes) is 32. The molecule has 0 amide bonds. The average molecular weight is 911 g/mol. The zero-order chi connectivity index (χ0) is 47.2. The lowest BCUT2D eigenvalue weighted by Gasteiger charge is -2.18. The van der Waals surface area contributed by atoms with E-state index in [2.05, 4.69) is 69.4 Å². The number of rotatable bonds is 51. The summed E-state index contributed by atoms with van der Waals surface area (Å²) in [5, 5.41) is 0. The van der Waals surface area contributed by atoms with Crippen LogP contribution in [0.1, 0.15) is 290 Å². The van der Waals surface area contributed by atoms with E-state index in [1.165, 1.54) is 167 Å². The monoisotopic (exact) mass is 911 g/mol. The molecule has 378 valence electrons. The van der Waals surface area contributed by atoms with Crippen molar-refractivity contribution in [2.75, 3.05) is 13.2 Å². The van der Waals surface area contributed by atoms with E-state index in [9.17, 15) is 14.4 Å². The van der Waals surface area contributed by atoms with Gasteiger partial charge in [0.2, 0.25) is 0 Å². The van der Waals surface area contributed by atoms with Crippen LogP contribution in [0.25, 0.3) is 0 Å². The summed E-state index contributed by atoms with van der Waals surface area (Å²) in [5.74, 6) is -0.860. The number of esters is 3. The Kier molecular flexibility index (Phi) is 51.8. The molecule has 6 nitrogen and oxygen atoms in total. The second-order valence-corrected chi connectivity index (χ2v) is 18.8. The first-order valence-electron chi connectivity index (χ1n) is 28.1. The minimum Gasteiger partial charge on any atom is -0.462 e. The summed E-state index contributed by atoms with van der Waals surface area (Å²) < 4.78 is 16.8. The first-order valence-corrected chi connectivity index (χ1v) is 28.1. The second kappa shape index (κ2) is 54.0. The predicted molar refractivity (Wildman–Crippen MR) is 279 cm³/mol. The Bertz CT molecular complexity index is 1140. The Hall–Kier alpha value is -2.63. The van der Waals surface area contributed by atoms with Crippen LogP contribution in [0.4, 0.5) is 0 Å². The third-order valence-electron chi connectivity index (χ3n) is 12.3. The molecule has 65 heavy (non-hydrogen) atoms. The molecule has 0 rings (SSSR count). The molecule has 0 aromatic heterocycles. The van der Waals surface area contributed by atoms with Gasteiger partial charge in [0, 0.05) is 19.3 Å². The van der Waals surface area contributed by atoms with Crippen LogP contribution in [0, 0.1) is 0 Å². The molecule has 0 aliphatic heterocycles. The van der Waals surface area contributed by atoms with Gasteiger partial charge in [-0.1, -0.05) is 262 Å². The van der Waals surface area contributed by atoms with Gasteiger partial charge in [0.1, 0.15) is 13.2 Å². The van der Waals surface area contributed by atoms with Crippen LogP contribution < -0.4 is 0 Å². The molecular weight excluding hydrogens is 805 g/mol. The fraction of sp³-hybridized carbons (Fsp3) is 0.814. The number of hydrogen-bond donors (Lipinski definition) is 0. The van der Waals surface area contributed by atoms with E-state index in [0.717, 1.165) is 83.5 Å². The Morgan fingerprint density at radius 1 is 0.323 bits per heavy atom. The summed E-state index contributed by atoms with van der Waals surface area (Å²) in [6.07, 6.45) is 65.5. The number of ether oxygens (including phenoxy) is 3. The number of carbonyl (C=O) groups excluding carboxylic acids is 3. The highest BCUT2D eigenvalue weighted by Gasteiger charge is 2.19. The number of allylic oxidation sites excluding steroid dienone is 8. The quantitative estimate of drug-likeness (QED) is 0.0262. The van der Waals surface area contributed by atoms with Crippen molar-refractivity contribution in [2.24, 2.45) is 0 Å². The molecule has 1 atom stereocenters. The van der Waals surface area contributed by atoms with Gasteiger partial charge in [-0.25, -0.2) is 0 Å². The summed E-state index contributed by atoms with van der Waals surface area (Å²) in [7, 11) is 0. The van der Waals surface area contributed by atoms with Gasteiger partial charge in [0.25, 0.3) is 0 Å². The van der Waals surface area contributed by atoms with Crippen molar-refractivity contribution in [3.63, 3.8) is 0 Å². The Labute approximate surface area is 403 Å². The second-order valence-electron chi connectivity index (χ2n) is 18.8. The minimum absolute atomic E-state index is 0.0682. The maximum absolute atomic E-state index is 12.8. The van der Waals surface area contributed by atoms with Gasteiger partial charge >= 0.3 is 17.9 Å². The van der Waals surface area contributed by atoms with Crippen molar-refractivity contribution in [1.29, 1.82) is 0 Å². The lowest BCUT2D eigenvalue weighted by molar-refractivity contribution is -0.167. The van der Waals surface area contributed by atoms with Gasteiger partial charge in [-0.2, -0.15) is 0 Å². The van der Waals surface area contributed by atoms with Crippen molar-refractivity contribution in [3.05, 3.63) is 48.6 Å². The van der Waals surface area contributed by atoms with E-state index in [4.69, 9.17) is 14.2 Å². The number of carbonyl (C=O) groups is 3. The molecule has 0 aromatic rings. The number of hydrogen-bond acceptors (Lipinski definition) is 6. The highest BCUT2D eigenvalue weighted by molar-refractivity contribution is 5.71. The van der Waals surface area contributed by atoms with E-state index < -0.39 is 6.10 Å². The van der Waals surface area contributed by atoms with Crippen molar-refractivity contribution in [1.82, 2.24) is 0 Å². The molecule has 0 aliphatic rings. The summed E-state index contributed by atoms with van der Waals surface area (Å²) in [6.45, 7) is 6.52.